The Kier molecular flexibility index (Phi) is 4.87. The molecule has 0 saturated carbocycles. The fourth-order valence-corrected chi connectivity index (χ4v) is 2.78. The minimum absolute atomic E-state index is 0.0775. The van der Waals surface area contributed by atoms with Gasteiger partial charge in [-0.3, -0.25) is 0 Å². The van der Waals surface area contributed by atoms with Gasteiger partial charge in [0.25, 0.3) is 0 Å². The Labute approximate surface area is 137 Å². The highest BCUT2D eigenvalue weighted by atomic mass is 19.4. The molecular formula is C18H17F4NO. The fourth-order valence-electron chi connectivity index (χ4n) is 2.78. The highest BCUT2D eigenvalue weighted by molar-refractivity contribution is 5.67. The first-order chi connectivity index (χ1) is 11.4. The second-order valence-corrected chi connectivity index (χ2v) is 5.80. The molecule has 1 aliphatic heterocycles. The van der Waals surface area contributed by atoms with Crippen molar-refractivity contribution in [1.82, 2.24) is 5.32 Å². The zero-order valence-electron chi connectivity index (χ0n) is 12.9. The van der Waals surface area contributed by atoms with Crippen molar-refractivity contribution in [2.45, 2.75) is 25.3 Å². The number of alkyl halides is 3. The van der Waals surface area contributed by atoms with Gasteiger partial charge in [-0.15, -0.1) is 0 Å². The molecule has 24 heavy (non-hydrogen) atoms. The van der Waals surface area contributed by atoms with Crippen LogP contribution >= 0.6 is 0 Å². The average Bonchev–Trinajstić information content (AvgIpc) is 3.06. The number of rotatable bonds is 4. The predicted octanol–water partition coefficient (Wildman–Crippen LogP) is 4.39. The summed E-state index contributed by atoms with van der Waals surface area (Å²) in [7, 11) is 0. The number of benzene rings is 2. The zero-order chi connectivity index (χ0) is 17.2. The van der Waals surface area contributed by atoms with Crippen molar-refractivity contribution in [3.8, 4) is 11.1 Å². The standard InChI is InChI=1S/C18H17F4NO/c19-15-5-6-17(12-1-3-14(4-2-12)18(20,21)22)13(9-15)11-24-16-7-8-23-10-16/h1-6,9,16,23H,7-8,10-11H2/t16-/m0/s1. The smallest absolute Gasteiger partial charge is 0.372 e. The first-order valence-corrected chi connectivity index (χ1v) is 7.72. The Morgan fingerprint density at radius 1 is 1.08 bits per heavy atom. The molecule has 2 aromatic rings. The van der Waals surface area contributed by atoms with E-state index in [1.165, 1.54) is 24.3 Å². The van der Waals surface area contributed by atoms with Gasteiger partial charge in [0, 0.05) is 6.54 Å². The molecule has 0 spiro atoms. The lowest BCUT2D eigenvalue weighted by Gasteiger charge is -2.15. The molecule has 0 bridgehead atoms. The van der Waals surface area contributed by atoms with Gasteiger partial charge in [-0.2, -0.15) is 13.2 Å². The van der Waals surface area contributed by atoms with Crippen LogP contribution in [0.2, 0.25) is 0 Å². The average molecular weight is 339 g/mol. The van der Waals surface area contributed by atoms with Crippen LogP contribution in [0.5, 0.6) is 0 Å². The van der Waals surface area contributed by atoms with Gasteiger partial charge in [-0.05, 0) is 53.9 Å². The Morgan fingerprint density at radius 2 is 1.83 bits per heavy atom. The number of nitrogens with one attached hydrogen (secondary N) is 1. The van der Waals surface area contributed by atoms with Crippen molar-refractivity contribution in [2.75, 3.05) is 13.1 Å². The lowest BCUT2D eigenvalue weighted by atomic mass is 9.98. The van der Waals surface area contributed by atoms with Crippen molar-refractivity contribution in [3.05, 3.63) is 59.4 Å². The molecule has 1 aliphatic rings. The summed E-state index contributed by atoms with van der Waals surface area (Å²) in [5, 5.41) is 3.18. The maximum absolute atomic E-state index is 13.6. The molecule has 6 heteroatoms. The van der Waals surface area contributed by atoms with E-state index in [0.717, 1.165) is 31.6 Å². The van der Waals surface area contributed by atoms with E-state index < -0.39 is 17.6 Å². The van der Waals surface area contributed by atoms with Crippen LogP contribution in [0, 0.1) is 5.82 Å². The molecule has 0 aromatic heterocycles. The molecule has 1 atom stereocenters. The summed E-state index contributed by atoms with van der Waals surface area (Å²) in [4.78, 5) is 0. The van der Waals surface area contributed by atoms with E-state index >= 15 is 0 Å². The Hall–Kier alpha value is -1.92. The number of ether oxygens (including phenoxy) is 1. The normalized spacial score (nSPS) is 18.1. The van der Waals surface area contributed by atoms with E-state index in [0.29, 0.717) is 16.7 Å². The van der Waals surface area contributed by atoms with Gasteiger partial charge in [0.05, 0.1) is 18.3 Å². The van der Waals surface area contributed by atoms with E-state index in [4.69, 9.17) is 4.74 Å². The fraction of sp³-hybridized carbons (Fsp3) is 0.333. The summed E-state index contributed by atoms with van der Waals surface area (Å²) in [6.45, 7) is 1.87. The molecule has 1 saturated heterocycles. The molecular weight excluding hydrogens is 322 g/mol. The summed E-state index contributed by atoms with van der Waals surface area (Å²) in [5.74, 6) is -0.395. The lowest BCUT2D eigenvalue weighted by Crippen LogP contribution is -2.16. The van der Waals surface area contributed by atoms with Gasteiger partial charge in [0.1, 0.15) is 5.82 Å². The first-order valence-electron chi connectivity index (χ1n) is 7.72. The lowest BCUT2D eigenvalue weighted by molar-refractivity contribution is -0.137. The van der Waals surface area contributed by atoms with Crippen molar-refractivity contribution >= 4 is 0 Å². The van der Waals surface area contributed by atoms with Gasteiger partial charge in [0.15, 0.2) is 0 Å². The molecule has 0 aliphatic carbocycles. The second-order valence-electron chi connectivity index (χ2n) is 5.80. The Bertz CT molecular complexity index is 691. The summed E-state index contributed by atoms with van der Waals surface area (Å²) in [6.07, 6.45) is -3.40. The molecule has 0 amide bonds. The second kappa shape index (κ2) is 6.91. The van der Waals surface area contributed by atoms with Crippen molar-refractivity contribution < 1.29 is 22.3 Å². The molecule has 1 heterocycles. The Balaban J connectivity index is 1.83. The van der Waals surface area contributed by atoms with Crippen molar-refractivity contribution in [2.24, 2.45) is 0 Å². The minimum atomic E-state index is -4.37. The highest BCUT2D eigenvalue weighted by Gasteiger charge is 2.30. The third-order valence-corrected chi connectivity index (χ3v) is 4.08. The highest BCUT2D eigenvalue weighted by Crippen LogP contribution is 2.32. The summed E-state index contributed by atoms with van der Waals surface area (Å²) >= 11 is 0. The van der Waals surface area contributed by atoms with Gasteiger partial charge >= 0.3 is 6.18 Å². The summed E-state index contributed by atoms with van der Waals surface area (Å²) < 4.78 is 57.4. The van der Waals surface area contributed by atoms with Gasteiger partial charge < -0.3 is 10.1 Å². The quantitative estimate of drug-likeness (QED) is 0.834. The number of halogens is 4. The van der Waals surface area contributed by atoms with Crippen LogP contribution in [0.1, 0.15) is 17.5 Å². The minimum Gasteiger partial charge on any atom is -0.372 e. The van der Waals surface area contributed by atoms with Crippen LogP contribution < -0.4 is 5.32 Å². The van der Waals surface area contributed by atoms with Crippen LogP contribution in [0.3, 0.4) is 0 Å². The van der Waals surface area contributed by atoms with E-state index in [1.807, 2.05) is 0 Å². The third kappa shape index (κ3) is 3.94. The molecule has 2 nitrogen and oxygen atoms in total. The van der Waals surface area contributed by atoms with Crippen LogP contribution in [0.4, 0.5) is 17.6 Å². The number of hydrogen-bond acceptors (Lipinski definition) is 2. The Morgan fingerprint density at radius 3 is 2.46 bits per heavy atom. The van der Waals surface area contributed by atoms with Gasteiger partial charge in [0.2, 0.25) is 0 Å². The molecule has 3 rings (SSSR count). The molecule has 128 valence electrons. The molecule has 0 radical (unpaired) electrons. The van der Waals surface area contributed by atoms with Crippen molar-refractivity contribution in [3.63, 3.8) is 0 Å². The van der Waals surface area contributed by atoms with Crippen LogP contribution in [0.25, 0.3) is 11.1 Å². The van der Waals surface area contributed by atoms with E-state index in [1.54, 1.807) is 6.07 Å². The zero-order valence-corrected chi connectivity index (χ0v) is 12.9. The van der Waals surface area contributed by atoms with Gasteiger partial charge in [-0.25, -0.2) is 4.39 Å². The summed E-state index contributed by atoms with van der Waals surface area (Å²) in [6, 6.07) is 9.11. The van der Waals surface area contributed by atoms with Gasteiger partial charge in [-0.1, -0.05) is 18.2 Å². The first kappa shape index (κ1) is 16.9. The monoisotopic (exact) mass is 339 g/mol. The largest absolute Gasteiger partial charge is 0.416 e. The van der Waals surface area contributed by atoms with Crippen LogP contribution in [-0.4, -0.2) is 19.2 Å². The molecule has 1 N–H and O–H groups in total. The molecule has 2 aromatic carbocycles. The van der Waals surface area contributed by atoms with E-state index in [2.05, 4.69) is 5.32 Å². The molecule has 1 fully saturated rings. The third-order valence-electron chi connectivity index (χ3n) is 4.08. The number of hydrogen-bond donors (Lipinski definition) is 1. The van der Waals surface area contributed by atoms with Crippen LogP contribution in [-0.2, 0) is 17.5 Å². The van der Waals surface area contributed by atoms with Crippen LogP contribution in [0.15, 0.2) is 42.5 Å². The van der Waals surface area contributed by atoms with E-state index in [-0.39, 0.29) is 12.7 Å². The predicted molar refractivity (Wildman–Crippen MR) is 82.9 cm³/mol. The topological polar surface area (TPSA) is 21.3 Å². The maximum Gasteiger partial charge on any atom is 0.416 e. The molecule has 0 unspecified atom stereocenters. The maximum atomic E-state index is 13.6. The van der Waals surface area contributed by atoms with Crippen molar-refractivity contribution in [1.29, 1.82) is 0 Å². The summed E-state index contributed by atoms with van der Waals surface area (Å²) in [5.41, 5.74) is 1.20. The van der Waals surface area contributed by atoms with E-state index in [9.17, 15) is 17.6 Å². The SMILES string of the molecule is Fc1ccc(-c2ccc(C(F)(F)F)cc2)c(CO[C@H]2CCNC2)c1.